The number of anilines is 1. The fourth-order valence-electron chi connectivity index (χ4n) is 2.04. The highest BCUT2D eigenvalue weighted by Gasteiger charge is 2.15. The number of nitrogens with two attached hydrogens (primary N) is 1. The van der Waals surface area contributed by atoms with Crippen molar-refractivity contribution in [3.05, 3.63) is 27.7 Å². The molecule has 0 fully saturated rings. The van der Waals surface area contributed by atoms with E-state index in [9.17, 15) is 4.79 Å². The molecule has 0 unspecified atom stereocenters. The summed E-state index contributed by atoms with van der Waals surface area (Å²) >= 11 is 0. The number of nitrogens with one attached hydrogen (secondary N) is 1. The Labute approximate surface area is 85.4 Å². The molecule has 3 rings (SSSR count). The summed E-state index contributed by atoms with van der Waals surface area (Å²) in [5.41, 5.74) is 7.93. The summed E-state index contributed by atoms with van der Waals surface area (Å²) in [4.78, 5) is 22.5. The molecule has 3 N–H and O–H groups in total. The Morgan fingerprint density at radius 3 is 3.07 bits per heavy atom. The molecular weight excluding hydrogens is 192 g/mol. The van der Waals surface area contributed by atoms with Crippen LogP contribution in [0.5, 0.6) is 0 Å². The van der Waals surface area contributed by atoms with Crippen LogP contribution in [0.3, 0.4) is 0 Å². The smallest absolute Gasteiger partial charge is 0.261 e. The molecule has 0 saturated carbocycles. The Morgan fingerprint density at radius 1 is 1.33 bits per heavy atom. The van der Waals surface area contributed by atoms with Gasteiger partial charge in [0.15, 0.2) is 5.65 Å². The van der Waals surface area contributed by atoms with E-state index in [1.165, 1.54) is 5.56 Å². The number of aryl methyl sites for hydroxylation is 2. The number of nitrogens with zero attached hydrogens (tertiary/aromatic N) is 2. The maximum atomic E-state index is 11.6. The summed E-state index contributed by atoms with van der Waals surface area (Å²) in [5, 5.41) is 0.532. The zero-order valence-corrected chi connectivity index (χ0v) is 8.08. The van der Waals surface area contributed by atoms with Gasteiger partial charge in [0.2, 0.25) is 5.95 Å². The number of hydrogen-bond acceptors (Lipinski definition) is 4. The van der Waals surface area contributed by atoms with Crippen molar-refractivity contribution in [2.45, 2.75) is 19.3 Å². The topological polar surface area (TPSA) is 84.7 Å². The summed E-state index contributed by atoms with van der Waals surface area (Å²) in [5.74, 6) is 0.123. The average Bonchev–Trinajstić information content (AvgIpc) is 2.61. The molecule has 0 radical (unpaired) electrons. The Morgan fingerprint density at radius 2 is 2.20 bits per heavy atom. The number of pyridine rings is 1. The Balaban J connectivity index is 2.43. The minimum atomic E-state index is -0.209. The van der Waals surface area contributed by atoms with E-state index < -0.39 is 0 Å². The highest BCUT2D eigenvalue weighted by molar-refractivity contribution is 5.75. The largest absolute Gasteiger partial charge is 0.369 e. The Bertz CT molecular complexity index is 602. The van der Waals surface area contributed by atoms with E-state index in [4.69, 9.17) is 5.73 Å². The van der Waals surface area contributed by atoms with Gasteiger partial charge in [0.1, 0.15) is 0 Å². The molecule has 1 aliphatic carbocycles. The van der Waals surface area contributed by atoms with Gasteiger partial charge in [-0.3, -0.25) is 9.78 Å². The number of H-pyrrole nitrogens is 1. The first-order chi connectivity index (χ1) is 7.24. The van der Waals surface area contributed by atoms with Crippen molar-refractivity contribution < 1.29 is 0 Å². The summed E-state index contributed by atoms with van der Waals surface area (Å²) in [6.45, 7) is 0. The van der Waals surface area contributed by atoms with E-state index in [0.717, 1.165) is 25.0 Å². The zero-order valence-electron chi connectivity index (χ0n) is 8.08. The molecule has 0 amide bonds. The lowest BCUT2D eigenvalue weighted by Gasteiger charge is -2.01. The van der Waals surface area contributed by atoms with Gasteiger partial charge in [0.05, 0.1) is 5.39 Å². The third-order valence-corrected chi connectivity index (χ3v) is 2.74. The van der Waals surface area contributed by atoms with Gasteiger partial charge < -0.3 is 5.73 Å². The minimum absolute atomic E-state index is 0.123. The maximum Gasteiger partial charge on any atom is 0.261 e. The molecule has 0 aliphatic heterocycles. The van der Waals surface area contributed by atoms with Gasteiger partial charge in [-0.15, -0.1) is 0 Å². The lowest BCUT2D eigenvalue weighted by atomic mass is 10.2. The van der Waals surface area contributed by atoms with Gasteiger partial charge in [-0.1, -0.05) is 0 Å². The first-order valence-corrected chi connectivity index (χ1v) is 4.92. The number of rotatable bonds is 0. The Hall–Kier alpha value is -1.91. The van der Waals surface area contributed by atoms with Gasteiger partial charge in [-0.25, -0.2) is 4.98 Å². The van der Waals surface area contributed by atoms with Crippen LogP contribution < -0.4 is 11.3 Å². The van der Waals surface area contributed by atoms with Crippen LogP contribution in [-0.2, 0) is 12.8 Å². The molecule has 2 heterocycles. The molecule has 15 heavy (non-hydrogen) atoms. The molecule has 5 nitrogen and oxygen atoms in total. The second-order valence-electron chi connectivity index (χ2n) is 3.77. The molecule has 2 aromatic heterocycles. The fraction of sp³-hybridized carbons (Fsp3) is 0.300. The van der Waals surface area contributed by atoms with E-state index in [0.29, 0.717) is 11.0 Å². The van der Waals surface area contributed by atoms with Crippen LogP contribution in [0.2, 0.25) is 0 Å². The summed E-state index contributed by atoms with van der Waals surface area (Å²) in [7, 11) is 0. The molecule has 0 spiro atoms. The van der Waals surface area contributed by atoms with Crippen LogP contribution in [0.1, 0.15) is 17.7 Å². The molecule has 76 valence electrons. The van der Waals surface area contributed by atoms with Crippen molar-refractivity contribution >= 4 is 17.0 Å². The van der Waals surface area contributed by atoms with Crippen LogP contribution in [0.15, 0.2) is 10.9 Å². The van der Waals surface area contributed by atoms with Crippen molar-refractivity contribution in [3.63, 3.8) is 0 Å². The number of hydrogen-bond donors (Lipinski definition) is 2. The number of fused-ring (bicyclic) bond motifs is 2. The number of aromatic amines is 1. The predicted octanol–water partition coefficient (Wildman–Crippen LogP) is 0.389. The quantitative estimate of drug-likeness (QED) is 0.647. The normalized spacial score (nSPS) is 14.4. The first-order valence-electron chi connectivity index (χ1n) is 4.92. The number of nitrogen functional groups attached to an aromatic ring is 1. The lowest BCUT2D eigenvalue weighted by molar-refractivity contribution is 0.900. The van der Waals surface area contributed by atoms with Crippen LogP contribution in [0.4, 0.5) is 5.95 Å². The zero-order chi connectivity index (χ0) is 10.4. The lowest BCUT2D eigenvalue weighted by Crippen LogP contribution is -2.12. The molecule has 2 aromatic rings. The van der Waals surface area contributed by atoms with E-state index in [2.05, 4.69) is 15.0 Å². The highest BCUT2D eigenvalue weighted by Crippen LogP contribution is 2.22. The van der Waals surface area contributed by atoms with Crippen molar-refractivity contribution in [2.75, 3.05) is 5.73 Å². The van der Waals surface area contributed by atoms with Crippen LogP contribution in [0, 0.1) is 0 Å². The highest BCUT2D eigenvalue weighted by atomic mass is 16.1. The molecule has 0 bridgehead atoms. The first kappa shape index (κ1) is 8.40. The standard InChI is InChI=1S/C10H10N4O/c11-10-13-8-6(9(15)14-10)4-5-2-1-3-7(5)12-8/h4H,1-3H2,(H3,11,12,13,14,15). The summed E-state index contributed by atoms with van der Waals surface area (Å²) in [6, 6.07) is 1.88. The molecular formula is C10H10N4O. The SMILES string of the molecule is Nc1nc2nc3c(cc2c(=O)[nH]1)CCC3. The molecule has 0 aromatic carbocycles. The maximum absolute atomic E-state index is 11.6. The van der Waals surface area contributed by atoms with E-state index in [1.54, 1.807) is 0 Å². The third-order valence-electron chi connectivity index (χ3n) is 2.74. The van der Waals surface area contributed by atoms with Gasteiger partial charge in [0, 0.05) is 5.69 Å². The van der Waals surface area contributed by atoms with Gasteiger partial charge in [-0.05, 0) is 30.9 Å². The summed E-state index contributed by atoms with van der Waals surface area (Å²) in [6.07, 6.45) is 3.08. The third kappa shape index (κ3) is 1.20. The fourth-order valence-corrected chi connectivity index (χ4v) is 2.04. The monoisotopic (exact) mass is 202 g/mol. The van der Waals surface area contributed by atoms with Crippen molar-refractivity contribution in [2.24, 2.45) is 0 Å². The predicted molar refractivity (Wildman–Crippen MR) is 56.6 cm³/mol. The average molecular weight is 202 g/mol. The minimum Gasteiger partial charge on any atom is -0.369 e. The van der Waals surface area contributed by atoms with Gasteiger partial charge >= 0.3 is 0 Å². The van der Waals surface area contributed by atoms with E-state index in [-0.39, 0.29) is 11.5 Å². The van der Waals surface area contributed by atoms with Crippen LogP contribution in [0.25, 0.3) is 11.0 Å². The Kier molecular flexibility index (Phi) is 1.56. The van der Waals surface area contributed by atoms with E-state index in [1.807, 2.05) is 6.07 Å². The summed E-state index contributed by atoms with van der Waals surface area (Å²) < 4.78 is 0. The van der Waals surface area contributed by atoms with Crippen LogP contribution in [-0.4, -0.2) is 15.0 Å². The molecule has 0 atom stereocenters. The second kappa shape index (κ2) is 2.79. The van der Waals surface area contributed by atoms with Crippen molar-refractivity contribution in [1.82, 2.24) is 15.0 Å². The van der Waals surface area contributed by atoms with Gasteiger partial charge in [-0.2, -0.15) is 4.98 Å². The van der Waals surface area contributed by atoms with Crippen molar-refractivity contribution in [3.8, 4) is 0 Å². The van der Waals surface area contributed by atoms with Crippen molar-refractivity contribution in [1.29, 1.82) is 0 Å². The molecule has 5 heteroatoms. The molecule has 1 aliphatic rings. The number of aromatic nitrogens is 3. The van der Waals surface area contributed by atoms with Gasteiger partial charge in [0.25, 0.3) is 5.56 Å². The van der Waals surface area contributed by atoms with Crippen LogP contribution >= 0.6 is 0 Å². The molecule has 0 saturated heterocycles. The second-order valence-corrected chi connectivity index (χ2v) is 3.77. The van der Waals surface area contributed by atoms with E-state index >= 15 is 0 Å².